The van der Waals surface area contributed by atoms with Crippen LogP contribution in [0.5, 0.6) is 0 Å². The summed E-state index contributed by atoms with van der Waals surface area (Å²) in [6.45, 7) is 17.6. The highest BCUT2D eigenvalue weighted by molar-refractivity contribution is 5.08. The third-order valence-corrected chi connectivity index (χ3v) is 6.31. The van der Waals surface area contributed by atoms with Crippen molar-refractivity contribution in [1.82, 2.24) is 9.80 Å². The number of rotatable bonds is 8. The Kier molecular flexibility index (Phi) is 6.20. The van der Waals surface area contributed by atoms with Gasteiger partial charge in [-0.2, -0.15) is 0 Å². The molecule has 3 rings (SSSR count). The predicted octanol–water partition coefficient (Wildman–Crippen LogP) is 4.18. The van der Waals surface area contributed by atoms with Crippen LogP contribution in [-0.2, 0) is 9.47 Å². The van der Waals surface area contributed by atoms with E-state index in [-0.39, 0.29) is 42.8 Å². The molecule has 2 heterocycles. The van der Waals surface area contributed by atoms with Crippen molar-refractivity contribution in [3.05, 3.63) is 0 Å². The largest absolute Gasteiger partial charge is 0.378 e. The zero-order chi connectivity index (χ0) is 20.8. The van der Waals surface area contributed by atoms with Crippen LogP contribution in [0.4, 0.5) is 8.78 Å². The van der Waals surface area contributed by atoms with E-state index in [1.54, 1.807) is 0 Å². The molecule has 0 aromatic heterocycles. The van der Waals surface area contributed by atoms with Gasteiger partial charge in [0.05, 0.1) is 24.4 Å². The Balaban J connectivity index is 1.23. The molecule has 3 fully saturated rings. The summed E-state index contributed by atoms with van der Waals surface area (Å²) in [6.07, 6.45) is 1.71. The van der Waals surface area contributed by atoms with Gasteiger partial charge in [-0.3, -0.25) is 4.90 Å². The summed E-state index contributed by atoms with van der Waals surface area (Å²) in [5.74, 6) is -2.63. The van der Waals surface area contributed by atoms with Crippen molar-refractivity contribution in [1.29, 1.82) is 0 Å². The molecule has 4 nitrogen and oxygen atoms in total. The van der Waals surface area contributed by atoms with Gasteiger partial charge in [-0.1, -0.05) is 0 Å². The van der Waals surface area contributed by atoms with Crippen molar-refractivity contribution in [2.24, 2.45) is 5.41 Å². The van der Waals surface area contributed by atoms with Gasteiger partial charge in [-0.05, 0) is 54.4 Å². The molecule has 28 heavy (non-hydrogen) atoms. The van der Waals surface area contributed by atoms with E-state index >= 15 is 0 Å². The second kappa shape index (κ2) is 7.75. The summed E-state index contributed by atoms with van der Waals surface area (Å²) in [5, 5.41) is 0. The Bertz CT molecular complexity index is 522. The lowest BCUT2D eigenvalue weighted by atomic mass is 9.71. The normalized spacial score (nSPS) is 28.7. The van der Waals surface area contributed by atoms with Crippen molar-refractivity contribution in [3.63, 3.8) is 0 Å². The first-order valence-corrected chi connectivity index (χ1v) is 10.9. The summed E-state index contributed by atoms with van der Waals surface area (Å²) in [4.78, 5) is 4.67. The van der Waals surface area contributed by atoms with E-state index in [1.807, 2.05) is 20.8 Å². The molecule has 6 heteroatoms. The maximum absolute atomic E-state index is 14.2. The minimum absolute atomic E-state index is 0.0597. The molecule has 0 unspecified atom stereocenters. The van der Waals surface area contributed by atoms with E-state index in [1.165, 1.54) is 0 Å². The summed E-state index contributed by atoms with van der Waals surface area (Å²) in [7, 11) is 0. The molecule has 0 radical (unpaired) electrons. The van der Waals surface area contributed by atoms with Gasteiger partial charge in [0.2, 0.25) is 0 Å². The second-order valence-corrected chi connectivity index (χ2v) is 11.4. The Hall–Kier alpha value is -0.300. The van der Waals surface area contributed by atoms with E-state index in [2.05, 4.69) is 30.6 Å². The smallest absolute Gasteiger partial charge is 0.251 e. The molecule has 0 amide bonds. The molecule has 0 N–H and O–H groups in total. The standard InChI is InChI=1S/C22H40F2N2O2/c1-19(2,3)26-15-21(16-26)13-25(14-21)9-7-22(23,24)8-10-27-17-11-18(12-17)28-20(4,5)6/h17-18H,7-16H2,1-6H3. The van der Waals surface area contributed by atoms with Crippen molar-refractivity contribution in [3.8, 4) is 0 Å². The van der Waals surface area contributed by atoms with Gasteiger partial charge in [0, 0.05) is 56.5 Å². The highest BCUT2D eigenvalue weighted by atomic mass is 19.3. The maximum atomic E-state index is 14.2. The van der Waals surface area contributed by atoms with Crippen LogP contribution in [0.15, 0.2) is 0 Å². The first-order chi connectivity index (χ1) is 12.8. The SMILES string of the molecule is CC(C)(C)OC1CC(OCCC(F)(F)CCN2CC3(C2)CN(C(C)(C)C)C3)C1. The molecule has 0 bridgehead atoms. The first kappa shape index (κ1) is 22.4. The summed E-state index contributed by atoms with van der Waals surface area (Å²) >= 11 is 0. The Morgan fingerprint density at radius 1 is 0.893 bits per heavy atom. The van der Waals surface area contributed by atoms with Gasteiger partial charge in [-0.15, -0.1) is 0 Å². The number of alkyl halides is 2. The third-order valence-electron chi connectivity index (χ3n) is 6.31. The van der Waals surface area contributed by atoms with Crippen LogP contribution < -0.4 is 0 Å². The molecule has 2 saturated heterocycles. The van der Waals surface area contributed by atoms with Crippen LogP contribution in [-0.4, -0.2) is 78.4 Å². The predicted molar refractivity (Wildman–Crippen MR) is 108 cm³/mol. The highest BCUT2D eigenvalue weighted by Crippen LogP contribution is 2.43. The number of halogens is 2. The average Bonchev–Trinajstić information content (AvgIpc) is 2.38. The van der Waals surface area contributed by atoms with E-state index in [9.17, 15) is 8.78 Å². The zero-order valence-corrected chi connectivity index (χ0v) is 18.7. The van der Waals surface area contributed by atoms with Gasteiger partial charge in [0.1, 0.15) is 0 Å². The lowest BCUT2D eigenvalue weighted by molar-refractivity contribution is -0.159. The molecular weight excluding hydrogens is 362 g/mol. The molecule has 1 aliphatic carbocycles. The number of hydrogen-bond acceptors (Lipinski definition) is 4. The van der Waals surface area contributed by atoms with Gasteiger partial charge in [-0.25, -0.2) is 8.78 Å². The minimum atomic E-state index is -2.63. The summed E-state index contributed by atoms with van der Waals surface area (Å²) in [6, 6.07) is 0. The Morgan fingerprint density at radius 2 is 1.50 bits per heavy atom. The number of ether oxygens (including phenoxy) is 2. The molecule has 1 spiro atoms. The fraction of sp³-hybridized carbons (Fsp3) is 1.00. The van der Waals surface area contributed by atoms with Crippen LogP contribution in [0, 0.1) is 5.41 Å². The van der Waals surface area contributed by atoms with Crippen LogP contribution >= 0.6 is 0 Å². The number of likely N-dealkylation sites (tertiary alicyclic amines) is 2. The van der Waals surface area contributed by atoms with Crippen LogP contribution in [0.3, 0.4) is 0 Å². The molecule has 0 atom stereocenters. The lowest BCUT2D eigenvalue weighted by Crippen LogP contribution is -2.74. The molecule has 2 aliphatic heterocycles. The van der Waals surface area contributed by atoms with Crippen molar-refractivity contribution >= 4 is 0 Å². The zero-order valence-electron chi connectivity index (χ0n) is 18.7. The summed E-state index contributed by atoms with van der Waals surface area (Å²) in [5.41, 5.74) is 0.447. The fourth-order valence-corrected chi connectivity index (χ4v) is 4.57. The monoisotopic (exact) mass is 402 g/mol. The Labute approximate surface area is 169 Å². The van der Waals surface area contributed by atoms with Gasteiger partial charge < -0.3 is 14.4 Å². The molecule has 164 valence electrons. The first-order valence-electron chi connectivity index (χ1n) is 10.9. The average molecular weight is 403 g/mol. The molecule has 0 aromatic carbocycles. The summed E-state index contributed by atoms with van der Waals surface area (Å²) < 4.78 is 39.9. The van der Waals surface area contributed by atoms with Crippen LogP contribution in [0.2, 0.25) is 0 Å². The Morgan fingerprint density at radius 3 is 2.04 bits per heavy atom. The molecule has 1 saturated carbocycles. The van der Waals surface area contributed by atoms with Gasteiger partial charge >= 0.3 is 0 Å². The van der Waals surface area contributed by atoms with Crippen molar-refractivity contribution in [2.45, 2.75) is 96.5 Å². The number of hydrogen-bond donors (Lipinski definition) is 0. The van der Waals surface area contributed by atoms with Crippen LogP contribution in [0.1, 0.15) is 67.2 Å². The van der Waals surface area contributed by atoms with E-state index < -0.39 is 5.92 Å². The van der Waals surface area contributed by atoms with Crippen LogP contribution in [0.25, 0.3) is 0 Å². The van der Waals surface area contributed by atoms with E-state index in [0.717, 1.165) is 39.0 Å². The quantitative estimate of drug-likeness (QED) is 0.608. The second-order valence-electron chi connectivity index (χ2n) is 11.4. The fourth-order valence-electron chi connectivity index (χ4n) is 4.57. The molecule has 3 aliphatic rings. The van der Waals surface area contributed by atoms with Crippen molar-refractivity contribution < 1.29 is 18.3 Å². The molecule has 0 aromatic rings. The molecular formula is C22H40F2N2O2. The minimum Gasteiger partial charge on any atom is -0.378 e. The topological polar surface area (TPSA) is 24.9 Å². The highest BCUT2D eigenvalue weighted by Gasteiger charge is 2.53. The third kappa shape index (κ3) is 5.87. The van der Waals surface area contributed by atoms with Gasteiger partial charge in [0.15, 0.2) is 0 Å². The van der Waals surface area contributed by atoms with Crippen molar-refractivity contribution in [2.75, 3.05) is 39.3 Å². The maximum Gasteiger partial charge on any atom is 0.251 e. The van der Waals surface area contributed by atoms with E-state index in [4.69, 9.17) is 9.47 Å². The lowest BCUT2D eigenvalue weighted by Gasteiger charge is -2.63. The number of nitrogens with zero attached hydrogens (tertiary/aromatic N) is 2. The van der Waals surface area contributed by atoms with Gasteiger partial charge in [0.25, 0.3) is 5.92 Å². The van der Waals surface area contributed by atoms with E-state index in [0.29, 0.717) is 12.0 Å².